The average Bonchev–Trinajstić information content (AvgIpc) is 3.18. The van der Waals surface area contributed by atoms with Crippen LogP contribution in [0.4, 0.5) is 11.6 Å². The Bertz CT molecular complexity index is 997. The van der Waals surface area contributed by atoms with Crippen LogP contribution in [0, 0.1) is 0 Å². The highest BCUT2D eigenvalue weighted by molar-refractivity contribution is 5.96. The molecule has 1 atom stereocenters. The quantitative estimate of drug-likeness (QED) is 0.727. The minimum Gasteiger partial charge on any atom is -0.378 e. The van der Waals surface area contributed by atoms with E-state index in [2.05, 4.69) is 36.4 Å². The second-order valence-electron chi connectivity index (χ2n) is 6.92. The summed E-state index contributed by atoms with van der Waals surface area (Å²) in [4.78, 5) is 23.5. The van der Waals surface area contributed by atoms with Crippen molar-refractivity contribution in [3.05, 3.63) is 54.0 Å². The lowest BCUT2D eigenvalue weighted by Gasteiger charge is -2.32. The lowest BCUT2D eigenvalue weighted by molar-refractivity contribution is -0.116. The first-order chi connectivity index (χ1) is 13.8. The number of pyridine rings is 2. The highest BCUT2D eigenvalue weighted by Crippen LogP contribution is 2.43. The molecule has 0 bridgehead atoms. The van der Waals surface area contributed by atoms with Gasteiger partial charge in [-0.25, -0.2) is 4.98 Å². The molecule has 5 heterocycles. The van der Waals surface area contributed by atoms with E-state index in [9.17, 15) is 4.79 Å². The highest BCUT2D eigenvalue weighted by Gasteiger charge is 2.34. The summed E-state index contributed by atoms with van der Waals surface area (Å²) >= 11 is 0. The van der Waals surface area contributed by atoms with Gasteiger partial charge in [0.05, 0.1) is 18.9 Å². The molecule has 2 aliphatic rings. The van der Waals surface area contributed by atoms with E-state index in [4.69, 9.17) is 4.74 Å². The number of carbonyl (C=O) groups is 1. The Morgan fingerprint density at radius 1 is 1.14 bits per heavy atom. The summed E-state index contributed by atoms with van der Waals surface area (Å²) in [6.07, 6.45) is 5.69. The maximum Gasteiger partial charge on any atom is 0.226 e. The van der Waals surface area contributed by atoms with E-state index >= 15 is 0 Å². The largest absolute Gasteiger partial charge is 0.378 e. The number of aromatic nitrogens is 4. The third-order valence-electron chi connectivity index (χ3n) is 5.25. The standard InChI is InChI=1S/C20H20N6O2/c27-16-11-15(14-4-2-6-22-20(14)26-7-9-28-10-8-26)17-18(24-25-19(17)23-16)13-3-1-5-21-12-13/h1-6,12,15H,7-11H2,(H2,23,24,25,27)/t15-/m1/s1. The molecule has 0 saturated carbocycles. The van der Waals surface area contributed by atoms with Crippen LogP contribution in [0.3, 0.4) is 0 Å². The van der Waals surface area contributed by atoms with Crippen molar-refractivity contribution in [2.45, 2.75) is 12.3 Å². The Kier molecular flexibility index (Phi) is 4.25. The Morgan fingerprint density at radius 3 is 2.82 bits per heavy atom. The fraction of sp³-hybridized carbons (Fsp3) is 0.300. The van der Waals surface area contributed by atoms with Crippen molar-refractivity contribution >= 4 is 17.5 Å². The highest BCUT2D eigenvalue weighted by atomic mass is 16.5. The number of carbonyl (C=O) groups excluding carboxylic acids is 1. The number of ether oxygens (including phenoxy) is 1. The number of hydrogen-bond acceptors (Lipinski definition) is 6. The summed E-state index contributed by atoms with van der Waals surface area (Å²) in [6, 6.07) is 7.86. The summed E-state index contributed by atoms with van der Waals surface area (Å²) in [5, 5.41) is 10.3. The molecule has 2 aliphatic heterocycles. The smallest absolute Gasteiger partial charge is 0.226 e. The maximum absolute atomic E-state index is 12.4. The number of amides is 1. The number of fused-ring (bicyclic) bond motifs is 1. The van der Waals surface area contributed by atoms with Gasteiger partial charge in [-0.05, 0) is 18.2 Å². The van der Waals surface area contributed by atoms with Crippen molar-refractivity contribution in [2.24, 2.45) is 0 Å². The van der Waals surface area contributed by atoms with Gasteiger partial charge in [-0.3, -0.25) is 14.9 Å². The Morgan fingerprint density at radius 2 is 2.00 bits per heavy atom. The fourth-order valence-electron chi connectivity index (χ4n) is 3.97. The zero-order valence-electron chi connectivity index (χ0n) is 15.3. The summed E-state index contributed by atoms with van der Waals surface area (Å²) in [5.41, 5.74) is 3.83. The number of rotatable bonds is 3. The molecule has 8 heteroatoms. The molecular formula is C20H20N6O2. The molecule has 0 spiro atoms. The normalized spacial score (nSPS) is 19.2. The van der Waals surface area contributed by atoms with Crippen LogP contribution in [-0.2, 0) is 9.53 Å². The van der Waals surface area contributed by atoms with Gasteiger partial charge in [0.1, 0.15) is 5.82 Å². The van der Waals surface area contributed by atoms with Crippen molar-refractivity contribution in [2.75, 3.05) is 36.5 Å². The molecule has 1 fully saturated rings. The number of hydrogen-bond donors (Lipinski definition) is 2. The van der Waals surface area contributed by atoms with E-state index < -0.39 is 0 Å². The van der Waals surface area contributed by atoms with Gasteiger partial charge in [0.15, 0.2) is 5.82 Å². The Labute approximate surface area is 162 Å². The summed E-state index contributed by atoms with van der Waals surface area (Å²) < 4.78 is 5.49. The van der Waals surface area contributed by atoms with Gasteiger partial charge < -0.3 is 15.0 Å². The zero-order chi connectivity index (χ0) is 18.9. The maximum atomic E-state index is 12.4. The van der Waals surface area contributed by atoms with Crippen LogP contribution in [0.15, 0.2) is 42.9 Å². The van der Waals surface area contributed by atoms with Crippen LogP contribution in [0.1, 0.15) is 23.5 Å². The van der Waals surface area contributed by atoms with E-state index in [1.165, 1.54) is 0 Å². The van der Waals surface area contributed by atoms with E-state index in [0.717, 1.165) is 41.3 Å². The molecule has 0 aliphatic carbocycles. The Hall–Kier alpha value is -3.26. The summed E-state index contributed by atoms with van der Waals surface area (Å²) in [6.45, 7) is 2.94. The van der Waals surface area contributed by atoms with E-state index in [-0.39, 0.29) is 11.8 Å². The number of nitrogens with one attached hydrogen (secondary N) is 2. The van der Waals surface area contributed by atoms with Crippen LogP contribution in [0.5, 0.6) is 0 Å². The molecular weight excluding hydrogens is 356 g/mol. The van der Waals surface area contributed by atoms with Crippen molar-refractivity contribution in [1.29, 1.82) is 0 Å². The van der Waals surface area contributed by atoms with Gasteiger partial charge in [0.2, 0.25) is 5.91 Å². The second-order valence-corrected chi connectivity index (χ2v) is 6.92. The lowest BCUT2D eigenvalue weighted by atomic mass is 9.84. The lowest BCUT2D eigenvalue weighted by Crippen LogP contribution is -2.38. The predicted octanol–water partition coefficient (Wildman–Crippen LogP) is 2.18. The molecule has 1 amide bonds. The van der Waals surface area contributed by atoms with E-state index in [1.807, 2.05) is 18.2 Å². The molecule has 3 aromatic heterocycles. The first-order valence-corrected chi connectivity index (χ1v) is 9.37. The van der Waals surface area contributed by atoms with Crippen molar-refractivity contribution in [3.8, 4) is 11.3 Å². The van der Waals surface area contributed by atoms with E-state index in [1.54, 1.807) is 18.6 Å². The number of aromatic amines is 1. The first-order valence-electron chi connectivity index (χ1n) is 9.37. The van der Waals surface area contributed by atoms with Crippen LogP contribution in [0.2, 0.25) is 0 Å². The van der Waals surface area contributed by atoms with Crippen molar-refractivity contribution in [1.82, 2.24) is 20.2 Å². The van der Waals surface area contributed by atoms with Crippen LogP contribution in [-0.4, -0.2) is 52.4 Å². The molecule has 2 N–H and O–H groups in total. The number of nitrogens with zero attached hydrogens (tertiary/aromatic N) is 4. The monoisotopic (exact) mass is 376 g/mol. The van der Waals surface area contributed by atoms with E-state index in [0.29, 0.717) is 25.5 Å². The minimum absolute atomic E-state index is 0.0430. The topological polar surface area (TPSA) is 96.0 Å². The minimum atomic E-state index is -0.135. The van der Waals surface area contributed by atoms with Gasteiger partial charge >= 0.3 is 0 Å². The Balaban J connectivity index is 1.63. The average molecular weight is 376 g/mol. The van der Waals surface area contributed by atoms with Gasteiger partial charge in [0, 0.05) is 60.7 Å². The second kappa shape index (κ2) is 7.05. The van der Waals surface area contributed by atoms with Crippen molar-refractivity contribution in [3.63, 3.8) is 0 Å². The molecule has 0 unspecified atom stereocenters. The molecule has 1 saturated heterocycles. The van der Waals surface area contributed by atoms with Crippen LogP contribution < -0.4 is 10.2 Å². The summed E-state index contributed by atoms with van der Waals surface area (Å²) in [5.74, 6) is 1.31. The molecule has 142 valence electrons. The molecule has 0 radical (unpaired) electrons. The molecule has 0 aromatic carbocycles. The summed E-state index contributed by atoms with van der Waals surface area (Å²) in [7, 11) is 0. The molecule has 28 heavy (non-hydrogen) atoms. The van der Waals surface area contributed by atoms with Crippen molar-refractivity contribution < 1.29 is 9.53 Å². The molecule has 8 nitrogen and oxygen atoms in total. The van der Waals surface area contributed by atoms with Gasteiger partial charge in [0.25, 0.3) is 0 Å². The number of morpholine rings is 1. The number of H-pyrrole nitrogens is 1. The van der Waals surface area contributed by atoms with Gasteiger partial charge in [-0.2, -0.15) is 5.10 Å². The third-order valence-corrected chi connectivity index (χ3v) is 5.25. The van der Waals surface area contributed by atoms with Crippen LogP contribution >= 0.6 is 0 Å². The number of anilines is 2. The third kappa shape index (κ3) is 2.91. The zero-order valence-corrected chi connectivity index (χ0v) is 15.3. The van der Waals surface area contributed by atoms with Crippen LogP contribution in [0.25, 0.3) is 11.3 Å². The fourth-order valence-corrected chi connectivity index (χ4v) is 3.97. The van der Waals surface area contributed by atoms with Gasteiger partial charge in [-0.1, -0.05) is 6.07 Å². The predicted molar refractivity (Wildman–Crippen MR) is 104 cm³/mol. The SMILES string of the molecule is O=C1C[C@H](c2cccnc2N2CCOCC2)c2c(n[nH]c2-c2cccnc2)N1. The molecule has 3 aromatic rings. The van der Waals surface area contributed by atoms with Gasteiger partial charge in [-0.15, -0.1) is 0 Å². The first kappa shape index (κ1) is 16.9. The molecule has 5 rings (SSSR count).